The maximum Gasteiger partial charge on any atom is 0.230 e. The first-order chi connectivity index (χ1) is 8.58. The zero-order valence-corrected chi connectivity index (χ0v) is 11.7. The van der Waals surface area contributed by atoms with E-state index in [4.69, 9.17) is 0 Å². The highest BCUT2D eigenvalue weighted by molar-refractivity contribution is 8.71. The summed E-state index contributed by atoms with van der Waals surface area (Å²) in [6.45, 7) is 2.00. The second-order valence-electron chi connectivity index (χ2n) is 4.02. The number of rotatable bonds is 4. The molecule has 94 valence electrons. The molecule has 2 aromatic rings. The normalized spacial score (nSPS) is 11.4. The minimum absolute atomic E-state index is 0.364. The minimum Gasteiger partial charge on any atom is -0.212 e. The molecule has 18 heavy (non-hydrogen) atoms. The van der Waals surface area contributed by atoms with E-state index in [2.05, 4.69) is 0 Å². The Labute approximate surface area is 111 Å². The first-order valence-electron chi connectivity index (χ1n) is 5.58. The predicted octanol–water partition coefficient (Wildman–Crippen LogP) is 3.62. The summed E-state index contributed by atoms with van der Waals surface area (Å²) in [4.78, 5) is 0.364. The summed E-state index contributed by atoms with van der Waals surface area (Å²) in [7, 11) is -2.29. The maximum atomic E-state index is 12.1. The van der Waals surface area contributed by atoms with Crippen LogP contribution in [0.25, 0.3) is 0 Å². The van der Waals surface area contributed by atoms with Crippen LogP contribution in [0.4, 0.5) is 0 Å². The van der Waals surface area contributed by atoms with Crippen LogP contribution in [0.5, 0.6) is 0 Å². The summed E-state index contributed by atoms with van der Waals surface area (Å²) < 4.78 is 24.1. The zero-order chi connectivity index (χ0) is 13.0. The average Bonchev–Trinajstić information content (AvgIpc) is 2.38. The van der Waals surface area contributed by atoms with Gasteiger partial charge in [-0.3, -0.25) is 0 Å². The van der Waals surface area contributed by atoms with Gasteiger partial charge in [0.25, 0.3) is 0 Å². The molecule has 0 aliphatic rings. The van der Waals surface area contributed by atoms with Crippen LogP contribution in [0.2, 0.25) is 0 Å². The second kappa shape index (κ2) is 5.59. The second-order valence-corrected chi connectivity index (χ2v) is 7.95. The van der Waals surface area contributed by atoms with Crippen LogP contribution >= 0.6 is 10.8 Å². The van der Waals surface area contributed by atoms with Crippen molar-refractivity contribution in [2.45, 2.75) is 17.6 Å². The molecule has 0 spiro atoms. The molecular formula is C14H14O2S2. The molecule has 0 radical (unpaired) electrons. The van der Waals surface area contributed by atoms with Gasteiger partial charge >= 0.3 is 0 Å². The van der Waals surface area contributed by atoms with E-state index in [1.165, 1.54) is 0 Å². The van der Waals surface area contributed by atoms with Crippen LogP contribution in [-0.4, -0.2) is 8.42 Å². The van der Waals surface area contributed by atoms with Crippen LogP contribution in [-0.2, 0) is 14.6 Å². The molecular weight excluding hydrogens is 264 g/mol. The molecule has 0 saturated carbocycles. The van der Waals surface area contributed by atoms with E-state index in [1.54, 1.807) is 24.3 Å². The van der Waals surface area contributed by atoms with Crippen LogP contribution in [0, 0.1) is 6.92 Å². The fourth-order valence-electron chi connectivity index (χ4n) is 1.60. The predicted molar refractivity (Wildman–Crippen MR) is 76.1 cm³/mol. The van der Waals surface area contributed by atoms with Gasteiger partial charge in [-0.1, -0.05) is 48.0 Å². The molecule has 4 heteroatoms. The molecule has 0 fully saturated rings. The summed E-state index contributed by atoms with van der Waals surface area (Å²) in [5.74, 6) is 0.471. The van der Waals surface area contributed by atoms with Gasteiger partial charge in [-0.25, -0.2) is 8.42 Å². The molecule has 2 aromatic carbocycles. The van der Waals surface area contributed by atoms with Crippen molar-refractivity contribution >= 4 is 19.7 Å². The van der Waals surface area contributed by atoms with E-state index in [0.29, 0.717) is 10.6 Å². The third-order valence-electron chi connectivity index (χ3n) is 2.50. The Morgan fingerprint density at radius 1 is 1.00 bits per heavy atom. The number of aryl methyl sites for hydroxylation is 1. The maximum absolute atomic E-state index is 12.1. The van der Waals surface area contributed by atoms with Gasteiger partial charge < -0.3 is 0 Å². The molecule has 0 aromatic heterocycles. The summed E-state index contributed by atoms with van der Waals surface area (Å²) >= 11 is 0. The summed E-state index contributed by atoms with van der Waals surface area (Å²) in [5, 5.41) is 0. The van der Waals surface area contributed by atoms with Crippen molar-refractivity contribution in [1.29, 1.82) is 0 Å². The van der Waals surface area contributed by atoms with E-state index >= 15 is 0 Å². The standard InChI is InChI=1S/C14H14O2S2/c1-12-6-5-7-13(10-12)11-17-18(15,16)14-8-3-2-4-9-14/h2-10H,11H2,1H3. The van der Waals surface area contributed by atoms with E-state index in [0.717, 1.165) is 21.9 Å². The SMILES string of the molecule is Cc1cccc(CSS(=O)(=O)c2ccccc2)c1. The first-order valence-corrected chi connectivity index (χ1v) is 8.56. The molecule has 0 aliphatic heterocycles. The van der Waals surface area contributed by atoms with Crippen molar-refractivity contribution < 1.29 is 8.42 Å². The Kier molecular flexibility index (Phi) is 4.09. The fraction of sp³-hybridized carbons (Fsp3) is 0.143. The van der Waals surface area contributed by atoms with Gasteiger partial charge in [0.15, 0.2) is 0 Å². The molecule has 0 heterocycles. The molecule has 2 rings (SSSR count). The molecule has 0 unspecified atom stereocenters. The Bertz CT molecular complexity index is 619. The van der Waals surface area contributed by atoms with Gasteiger partial charge in [-0.05, 0) is 35.4 Å². The molecule has 0 aliphatic carbocycles. The number of hydrogen-bond acceptors (Lipinski definition) is 3. The summed E-state index contributed by atoms with van der Waals surface area (Å²) in [5.41, 5.74) is 2.17. The van der Waals surface area contributed by atoms with Gasteiger partial charge in [0, 0.05) is 5.75 Å². The zero-order valence-electron chi connectivity index (χ0n) is 10.0. The van der Waals surface area contributed by atoms with Crippen LogP contribution < -0.4 is 0 Å². The number of hydrogen-bond donors (Lipinski definition) is 0. The molecule has 0 amide bonds. The van der Waals surface area contributed by atoms with E-state index in [9.17, 15) is 8.42 Å². The van der Waals surface area contributed by atoms with Crippen molar-refractivity contribution in [2.24, 2.45) is 0 Å². The number of benzene rings is 2. The molecule has 2 nitrogen and oxygen atoms in total. The minimum atomic E-state index is -3.25. The molecule has 0 bridgehead atoms. The van der Waals surface area contributed by atoms with Crippen molar-refractivity contribution in [3.63, 3.8) is 0 Å². The van der Waals surface area contributed by atoms with E-state index in [-0.39, 0.29) is 0 Å². The lowest BCUT2D eigenvalue weighted by atomic mass is 10.2. The monoisotopic (exact) mass is 278 g/mol. The lowest BCUT2D eigenvalue weighted by Crippen LogP contribution is -1.95. The van der Waals surface area contributed by atoms with E-state index < -0.39 is 8.87 Å². The first kappa shape index (κ1) is 13.2. The van der Waals surface area contributed by atoms with Crippen molar-refractivity contribution in [2.75, 3.05) is 0 Å². The Morgan fingerprint density at radius 3 is 2.39 bits per heavy atom. The third-order valence-corrected chi connectivity index (χ3v) is 5.97. The summed E-state index contributed by atoms with van der Waals surface area (Å²) in [6, 6.07) is 16.4. The van der Waals surface area contributed by atoms with Gasteiger partial charge in [0.2, 0.25) is 8.87 Å². The fourth-order valence-corrected chi connectivity index (χ4v) is 4.32. The smallest absolute Gasteiger partial charge is 0.212 e. The topological polar surface area (TPSA) is 34.1 Å². The lowest BCUT2D eigenvalue weighted by molar-refractivity contribution is 0.610. The van der Waals surface area contributed by atoms with Crippen molar-refractivity contribution in [3.8, 4) is 0 Å². The quantitative estimate of drug-likeness (QED) is 0.801. The van der Waals surface area contributed by atoms with Gasteiger partial charge in [0.1, 0.15) is 0 Å². The summed E-state index contributed by atoms with van der Waals surface area (Å²) in [6.07, 6.45) is 0. The van der Waals surface area contributed by atoms with E-state index in [1.807, 2.05) is 37.3 Å². The highest BCUT2D eigenvalue weighted by Gasteiger charge is 2.14. The van der Waals surface area contributed by atoms with Crippen molar-refractivity contribution in [1.82, 2.24) is 0 Å². The largest absolute Gasteiger partial charge is 0.230 e. The van der Waals surface area contributed by atoms with Crippen molar-refractivity contribution in [3.05, 3.63) is 65.7 Å². The Hall–Kier alpha value is -1.26. The van der Waals surface area contributed by atoms with Crippen LogP contribution in [0.15, 0.2) is 59.5 Å². The highest BCUT2D eigenvalue weighted by atomic mass is 33.1. The molecule has 0 N–H and O–H groups in total. The van der Waals surface area contributed by atoms with Gasteiger partial charge in [0.05, 0.1) is 4.90 Å². The van der Waals surface area contributed by atoms with Gasteiger partial charge in [-0.2, -0.15) is 0 Å². The Morgan fingerprint density at radius 2 is 1.72 bits per heavy atom. The van der Waals surface area contributed by atoms with Crippen LogP contribution in [0.3, 0.4) is 0 Å². The van der Waals surface area contributed by atoms with Crippen LogP contribution in [0.1, 0.15) is 11.1 Å². The molecule has 0 saturated heterocycles. The average molecular weight is 278 g/mol. The highest BCUT2D eigenvalue weighted by Crippen LogP contribution is 2.26. The third kappa shape index (κ3) is 3.37. The van der Waals surface area contributed by atoms with Gasteiger partial charge in [-0.15, -0.1) is 0 Å². The Balaban J connectivity index is 2.11. The lowest BCUT2D eigenvalue weighted by Gasteiger charge is -2.04. The molecule has 0 atom stereocenters.